The molecular weight excluding hydrogens is 790 g/mol. The van der Waals surface area contributed by atoms with Gasteiger partial charge in [-0.3, -0.25) is 39.4 Å². The Morgan fingerprint density at radius 3 is 2.31 bits per heavy atom. The van der Waals surface area contributed by atoms with Gasteiger partial charge in [0, 0.05) is 97.9 Å². The fourth-order valence-electron chi connectivity index (χ4n) is 9.97. The van der Waals surface area contributed by atoms with Gasteiger partial charge >= 0.3 is 0 Å². The molecule has 0 radical (unpaired) electrons. The molecule has 5 fully saturated rings. The summed E-state index contributed by atoms with van der Waals surface area (Å²) >= 11 is 0. The molecule has 7 heterocycles. The highest BCUT2D eigenvalue weighted by atomic mass is 19.1. The number of dihydropyridines is 1. The second-order valence-electron chi connectivity index (χ2n) is 18.2. The molecule has 10 rings (SSSR count). The van der Waals surface area contributed by atoms with Crippen molar-refractivity contribution >= 4 is 45.8 Å². The maximum atomic E-state index is 16.3. The molecule has 0 bridgehead atoms. The monoisotopic (exact) mass is 854 g/mol. The van der Waals surface area contributed by atoms with Crippen molar-refractivity contribution in [1.82, 2.24) is 40.4 Å². The number of alkyl halides is 1. The number of fused-ring (bicyclic) bond motifs is 2. The number of halogens is 1. The molecule has 7 aliphatic rings. The van der Waals surface area contributed by atoms with Gasteiger partial charge in [0.25, 0.3) is 11.8 Å². The molecule has 3 N–H and O–H groups in total. The number of carbonyl (C=O) groups excluding carboxylic acids is 4. The molecule has 1 aromatic heterocycles. The molecule has 1 atom stereocenters. The molecule has 1 unspecified atom stereocenters. The van der Waals surface area contributed by atoms with Crippen LogP contribution in [0, 0.1) is 5.92 Å². The van der Waals surface area contributed by atoms with Gasteiger partial charge in [0.1, 0.15) is 28.9 Å². The van der Waals surface area contributed by atoms with Crippen LogP contribution in [-0.2, 0) is 9.59 Å². The van der Waals surface area contributed by atoms with Gasteiger partial charge in [0.2, 0.25) is 11.8 Å². The van der Waals surface area contributed by atoms with E-state index in [9.17, 15) is 19.2 Å². The lowest BCUT2D eigenvalue weighted by Gasteiger charge is -2.44. The summed E-state index contributed by atoms with van der Waals surface area (Å²) in [5.74, 6) is 0.511. The van der Waals surface area contributed by atoms with Crippen LogP contribution in [0.1, 0.15) is 101 Å². The molecule has 0 spiro atoms. The number of H-pyrrole nitrogens is 1. The first-order chi connectivity index (χ1) is 30.0. The molecule has 62 heavy (non-hydrogen) atoms. The Morgan fingerprint density at radius 2 is 1.58 bits per heavy atom. The summed E-state index contributed by atoms with van der Waals surface area (Å²) in [6.07, 6.45) is 9.86. The third-order valence-corrected chi connectivity index (χ3v) is 13.9. The molecule has 3 aromatic rings. The van der Waals surface area contributed by atoms with Crippen molar-refractivity contribution in [2.24, 2.45) is 5.92 Å². The van der Waals surface area contributed by atoms with Crippen molar-refractivity contribution < 1.29 is 31.2 Å². The number of ether oxygens (including phenoxy) is 1. The summed E-state index contributed by atoms with van der Waals surface area (Å²) in [5, 5.41) is 14.8. The number of nitrogens with one attached hydrogen (secondary N) is 3. The largest absolute Gasteiger partial charge is 0.488 e. The quantitative estimate of drug-likeness (QED) is 0.220. The zero-order valence-corrected chi connectivity index (χ0v) is 36.3. The van der Waals surface area contributed by atoms with Crippen LogP contribution in [0.2, 0.25) is 0 Å². The van der Waals surface area contributed by atoms with Crippen LogP contribution >= 0.6 is 0 Å². The van der Waals surface area contributed by atoms with Crippen LogP contribution in [0.4, 0.5) is 10.1 Å². The molecule has 14 nitrogen and oxygen atoms in total. The van der Waals surface area contributed by atoms with Gasteiger partial charge < -0.3 is 24.8 Å². The first-order valence-corrected chi connectivity index (χ1v) is 22.8. The van der Waals surface area contributed by atoms with Gasteiger partial charge in [-0.15, -0.1) is 0 Å². The Morgan fingerprint density at radius 1 is 0.839 bits per heavy atom. The summed E-state index contributed by atoms with van der Waals surface area (Å²) in [6, 6.07) is 10.5. The number of anilines is 1. The first-order valence-electron chi connectivity index (χ1n) is 22.8. The number of piperidine rings is 3. The second-order valence-corrected chi connectivity index (χ2v) is 18.2. The number of aromatic amines is 1. The molecule has 15 heteroatoms. The van der Waals surface area contributed by atoms with Crippen LogP contribution in [0.3, 0.4) is 0 Å². The van der Waals surface area contributed by atoms with Crippen molar-refractivity contribution in [1.29, 1.82) is 0 Å². The van der Waals surface area contributed by atoms with Crippen LogP contribution in [0.15, 0.2) is 54.4 Å². The number of likely N-dealkylation sites (tertiary alicyclic amines) is 1. The number of hydrogen-bond donors (Lipinski definition) is 3. The lowest BCUT2D eigenvalue weighted by atomic mass is 9.90. The average Bonchev–Trinajstić information content (AvgIpc) is 3.77. The molecule has 4 amide bonds. The normalized spacial score (nSPS) is 24.2. The number of carbonyl (C=O) groups is 4. The molecule has 334 valence electrons. The van der Waals surface area contributed by atoms with Crippen LogP contribution in [0.5, 0.6) is 5.75 Å². The maximum Gasteiger partial charge on any atom is 0.262 e. The minimum absolute atomic E-state index is 0. The Bertz CT molecular complexity index is 2290. The van der Waals surface area contributed by atoms with Crippen molar-refractivity contribution in [2.45, 2.75) is 89.4 Å². The zero-order valence-electron chi connectivity index (χ0n) is 36.3. The summed E-state index contributed by atoms with van der Waals surface area (Å²) in [4.78, 5) is 61.0. The molecule has 1 saturated carbocycles. The number of benzene rings is 2. The number of imide groups is 2. The number of hydrogen-bond acceptors (Lipinski definition) is 11. The average molecular weight is 854 g/mol. The minimum Gasteiger partial charge on any atom is -0.488 e. The minimum atomic E-state index is -1.18. The van der Waals surface area contributed by atoms with E-state index in [1.165, 1.54) is 0 Å². The van der Waals surface area contributed by atoms with Gasteiger partial charge in [-0.25, -0.2) is 4.39 Å². The number of aromatic nitrogens is 2. The van der Waals surface area contributed by atoms with Crippen molar-refractivity contribution in [3.05, 3.63) is 71.2 Å². The summed E-state index contributed by atoms with van der Waals surface area (Å²) in [5.41, 5.74) is 3.28. The number of nitrogens with zero attached hydrogens (tertiary/aromatic N) is 6. The summed E-state index contributed by atoms with van der Waals surface area (Å²) < 4.78 is 22.6. The Labute approximate surface area is 365 Å². The van der Waals surface area contributed by atoms with E-state index in [2.05, 4.69) is 65.6 Å². The smallest absolute Gasteiger partial charge is 0.262 e. The second kappa shape index (κ2) is 17.1. The van der Waals surface area contributed by atoms with Gasteiger partial charge in [-0.05, 0) is 100 Å². The van der Waals surface area contributed by atoms with Gasteiger partial charge in [0.15, 0.2) is 0 Å². The molecular formula is C47H64FN9O5. The fourth-order valence-corrected chi connectivity index (χ4v) is 9.97. The van der Waals surface area contributed by atoms with Crippen LogP contribution in [0.25, 0.3) is 16.5 Å². The van der Waals surface area contributed by atoms with E-state index in [0.29, 0.717) is 36.4 Å². The Kier molecular flexibility index (Phi) is 11.6. The lowest BCUT2D eigenvalue weighted by molar-refractivity contribution is -0.136. The molecule has 6 aliphatic heterocycles. The van der Waals surface area contributed by atoms with Gasteiger partial charge in [0.05, 0.1) is 22.3 Å². The lowest BCUT2D eigenvalue weighted by Crippen LogP contribution is -2.54. The number of amides is 4. The highest BCUT2D eigenvalue weighted by Crippen LogP contribution is 2.41. The SMILES string of the molecule is CC.CC1(Oc2ccc3[nH]nc(C4=CCNC(N5CCN(CC6(F)CCN(CC7CCN(c8ccc9c(c8)C(=O)N(C8CCC(=O)NC8=O)C9=O)CC7)CC6)CC5)=C4)c3c2)CC1.[HH].[HH]. The third-order valence-electron chi connectivity index (χ3n) is 13.9. The number of rotatable bonds is 10. The highest BCUT2D eigenvalue weighted by Gasteiger charge is 2.45. The van der Waals surface area contributed by atoms with E-state index >= 15 is 4.39 Å². The summed E-state index contributed by atoms with van der Waals surface area (Å²) in [7, 11) is 0. The van der Waals surface area contributed by atoms with E-state index in [-0.39, 0.29) is 21.3 Å². The topological polar surface area (TPSA) is 146 Å². The van der Waals surface area contributed by atoms with Gasteiger partial charge in [-0.2, -0.15) is 5.10 Å². The first kappa shape index (κ1) is 42.0. The van der Waals surface area contributed by atoms with E-state index in [0.717, 1.165) is 135 Å². The van der Waals surface area contributed by atoms with Crippen molar-refractivity contribution in [2.75, 3.05) is 76.9 Å². The standard InChI is InChI=1S/C45H54FN9O5.C2H6.2H2/c1-44(11-12-44)60-32-3-5-36-35(26-32)40(50-49-36)30-8-15-47-38(24-30)54-22-20-52(21-23-54)28-45(46)13-18-51(19-14-45)27-29-9-16-53(17-10-29)31-2-4-33-34(25-31)43(59)55(42(33)58)37-6-7-39(56)48-41(37)57;1-2;;/h2-5,8,24-26,29,37,47H,6-7,9-23,27-28H2,1H3,(H,49,50)(H,48,56,57);1-2H3;2*1H. The molecule has 1 aliphatic carbocycles. The zero-order chi connectivity index (χ0) is 43.2. The number of piperazine rings is 1. The van der Waals surface area contributed by atoms with Crippen molar-refractivity contribution in [3.63, 3.8) is 0 Å². The van der Waals surface area contributed by atoms with Gasteiger partial charge in [-0.1, -0.05) is 19.9 Å². The van der Waals surface area contributed by atoms with Crippen LogP contribution in [-0.4, -0.2) is 143 Å². The highest BCUT2D eigenvalue weighted by molar-refractivity contribution is 6.23. The Balaban J connectivity index is 0.00000151. The Hall–Kier alpha value is -5.28. The summed E-state index contributed by atoms with van der Waals surface area (Å²) in [6.45, 7) is 14.8. The number of allylic oxidation sites excluding steroid dienone is 2. The van der Waals surface area contributed by atoms with E-state index in [4.69, 9.17) is 4.74 Å². The predicted molar refractivity (Wildman–Crippen MR) is 240 cm³/mol. The third kappa shape index (κ3) is 8.57. The van der Waals surface area contributed by atoms with E-state index < -0.39 is 35.3 Å². The predicted octanol–water partition coefficient (Wildman–Crippen LogP) is 5.58. The van der Waals surface area contributed by atoms with Crippen molar-refractivity contribution in [3.8, 4) is 5.75 Å². The van der Waals surface area contributed by atoms with E-state index in [1.807, 2.05) is 32.0 Å². The molecule has 4 saturated heterocycles. The van der Waals surface area contributed by atoms with E-state index in [1.54, 1.807) is 12.1 Å². The molecule has 2 aromatic carbocycles. The van der Waals surface area contributed by atoms with Crippen LogP contribution < -0.4 is 20.3 Å². The maximum absolute atomic E-state index is 16.3. The fraction of sp³-hybridized carbons (Fsp3) is 0.553.